The summed E-state index contributed by atoms with van der Waals surface area (Å²) in [5.74, 6) is 0.184. The Bertz CT molecular complexity index is 244. The first kappa shape index (κ1) is 18.4. The first-order valence-corrected chi connectivity index (χ1v) is 8.12. The lowest BCUT2D eigenvalue weighted by Crippen LogP contribution is -2.24. The van der Waals surface area contributed by atoms with E-state index in [1.165, 1.54) is 38.5 Å². The van der Waals surface area contributed by atoms with Crippen molar-refractivity contribution >= 4 is 23.1 Å². The lowest BCUT2D eigenvalue weighted by atomic mass is 10.1. The Balaban J connectivity index is 3.19. The summed E-state index contributed by atoms with van der Waals surface area (Å²) < 4.78 is 0. The van der Waals surface area contributed by atoms with E-state index >= 15 is 0 Å². The summed E-state index contributed by atoms with van der Waals surface area (Å²) in [5, 5.41) is 2.94. The minimum atomic E-state index is 0.184. The quantitative estimate of drug-likeness (QED) is 0.401. The lowest BCUT2D eigenvalue weighted by molar-refractivity contribution is -0.121. The van der Waals surface area contributed by atoms with Crippen molar-refractivity contribution in [1.29, 1.82) is 0 Å². The van der Waals surface area contributed by atoms with E-state index in [-0.39, 0.29) is 5.91 Å². The van der Waals surface area contributed by atoms with E-state index in [1.807, 2.05) is 0 Å². The van der Waals surface area contributed by atoms with Crippen LogP contribution in [0.2, 0.25) is 0 Å². The molecule has 0 aromatic carbocycles. The Morgan fingerprint density at radius 1 is 0.947 bits per heavy atom. The van der Waals surface area contributed by atoms with E-state index in [0.717, 1.165) is 32.2 Å². The molecule has 112 valence electrons. The van der Waals surface area contributed by atoms with Gasteiger partial charge in [0.15, 0.2) is 0 Å². The fraction of sp³-hybridized carbons (Fsp3) is 0.867. The highest BCUT2D eigenvalue weighted by molar-refractivity contribution is 7.80. The van der Waals surface area contributed by atoms with Gasteiger partial charge < -0.3 is 11.1 Å². The molecule has 19 heavy (non-hydrogen) atoms. The number of carbonyl (C=O) groups excluding carboxylic acids is 1. The molecule has 0 radical (unpaired) electrons. The number of nitrogens with one attached hydrogen (secondary N) is 1. The normalized spacial score (nSPS) is 10.4. The van der Waals surface area contributed by atoms with Gasteiger partial charge in [-0.2, -0.15) is 0 Å². The highest BCUT2D eigenvalue weighted by atomic mass is 32.1. The van der Waals surface area contributed by atoms with Crippen LogP contribution in [0.3, 0.4) is 0 Å². The summed E-state index contributed by atoms with van der Waals surface area (Å²) in [6.45, 7) is 2.98. The predicted molar refractivity (Wildman–Crippen MR) is 86.3 cm³/mol. The number of nitrogens with two attached hydrogens (primary N) is 1. The second-order valence-electron chi connectivity index (χ2n) is 5.14. The number of rotatable bonds is 13. The largest absolute Gasteiger partial charge is 0.393 e. The van der Waals surface area contributed by atoms with Crippen molar-refractivity contribution in [1.82, 2.24) is 5.32 Å². The average Bonchev–Trinajstić information content (AvgIpc) is 2.37. The molecule has 0 aliphatic rings. The molecule has 0 saturated heterocycles. The monoisotopic (exact) mass is 286 g/mol. The summed E-state index contributed by atoms with van der Waals surface area (Å²) in [6, 6.07) is 0. The van der Waals surface area contributed by atoms with E-state index in [2.05, 4.69) is 12.2 Å². The van der Waals surface area contributed by atoms with Gasteiger partial charge in [-0.15, -0.1) is 0 Å². The number of hydrogen-bond acceptors (Lipinski definition) is 2. The Morgan fingerprint density at radius 2 is 1.53 bits per heavy atom. The van der Waals surface area contributed by atoms with Crippen LogP contribution in [0, 0.1) is 0 Å². The van der Waals surface area contributed by atoms with Gasteiger partial charge in [0.2, 0.25) is 5.91 Å². The SMILES string of the molecule is CCCCCCCCCC(=O)NCCCCC(N)=S. The Morgan fingerprint density at radius 3 is 2.16 bits per heavy atom. The fourth-order valence-electron chi connectivity index (χ4n) is 1.98. The van der Waals surface area contributed by atoms with Crippen molar-refractivity contribution in [3.63, 3.8) is 0 Å². The maximum atomic E-state index is 11.5. The molecule has 0 rings (SSSR count). The molecule has 0 bridgehead atoms. The van der Waals surface area contributed by atoms with Crippen LogP contribution in [0.25, 0.3) is 0 Å². The van der Waals surface area contributed by atoms with Crippen LogP contribution in [-0.2, 0) is 4.79 Å². The van der Waals surface area contributed by atoms with Gasteiger partial charge in [0, 0.05) is 13.0 Å². The molecule has 4 heteroatoms. The maximum absolute atomic E-state index is 11.5. The van der Waals surface area contributed by atoms with E-state index in [4.69, 9.17) is 18.0 Å². The maximum Gasteiger partial charge on any atom is 0.219 e. The zero-order valence-electron chi connectivity index (χ0n) is 12.4. The van der Waals surface area contributed by atoms with Crippen LogP contribution < -0.4 is 11.1 Å². The van der Waals surface area contributed by atoms with E-state index in [9.17, 15) is 4.79 Å². The highest BCUT2D eigenvalue weighted by Gasteiger charge is 2.00. The Labute approximate surface area is 123 Å². The first-order valence-electron chi connectivity index (χ1n) is 7.71. The molecule has 0 aliphatic carbocycles. The third kappa shape index (κ3) is 15.3. The van der Waals surface area contributed by atoms with E-state index in [1.54, 1.807) is 0 Å². The van der Waals surface area contributed by atoms with Gasteiger partial charge in [-0.05, 0) is 25.7 Å². The van der Waals surface area contributed by atoms with Gasteiger partial charge in [-0.1, -0.05) is 57.7 Å². The fourth-order valence-corrected chi connectivity index (χ4v) is 2.13. The minimum Gasteiger partial charge on any atom is -0.393 e. The summed E-state index contributed by atoms with van der Waals surface area (Å²) in [5.41, 5.74) is 5.40. The molecule has 3 nitrogen and oxygen atoms in total. The zero-order chi connectivity index (χ0) is 14.3. The summed E-state index contributed by atoms with van der Waals surface area (Å²) in [7, 11) is 0. The second-order valence-corrected chi connectivity index (χ2v) is 5.67. The van der Waals surface area contributed by atoms with Gasteiger partial charge in [0.05, 0.1) is 4.99 Å². The van der Waals surface area contributed by atoms with Gasteiger partial charge in [0.1, 0.15) is 0 Å². The van der Waals surface area contributed by atoms with Crippen molar-refractivity contribution in [3.05, 3.63) is 0 Å². The number of amides is 1. The Hall–Kier alpha value is -0.640. The van der Waals surface area contributed by atoms with Crippen LogP contribution in [-0.4, -0.2) is 17.4 Å². The third-order valence-corrected chi connectivity index (χ3v) is 3.38. The van der Waals surface area contributed by atoms with Crippen LogP contribution in [0.4, 0.5) is 0 Å². The molecule has 0 aliphatic heterocycles. The zero-order valence-corrected chi connectivity index (χ0v) is 13.2. The molecule has 1 amide bonds. The topological polar surface area (TPSA) is 55.1 Å². The molecule has 0 saturated carbocycles. The standard InChI is InChI=1S/C15H30N2OS/c1-2-3-4-5-6-7-8-12-15(18)17-13-10-9-11-14(16)19/h2-13H2,1H3,(H2,16,19)(H,17,18). The molecule has 0 aromatic rings. The smallest absolute Gasteiger partial charge is 0.219 e. The summed E-state index contributed by atoms with van der Waals surface area (Å²) >= 11 is 4.80. The van der Waals surface area contributed by atoms with Crippen LogP contribution >= 0.6 is 12.2 Å². The number of unbranched alkanes of at least 4 members (excludes halogenated alkanes) is 7. The molecular formula is C15H30N2OS. The lowest BCUT2D eigenvalue weighted by Gasteiger charge is -2.05. The average molecular weight is 286 g/mol. The first-order chi connectivity index (χ1) is 9.16. The molecule has 0 unspecified atom stereocenters. The van der Waals surface area contributed by atoms with Crippen LogP contribution in [0.1, 0.15) is 77.6 Å². The molecule has 3 N–H and O–H groups in total. The summed E-state index contributed by atoms with van der Waals surface area (Å²) in [4.78, 5) is 12.1. The third-order valence-electron chi connectivity index (χ3n) is 3.18. The minimum absolute atomic E-state index is 0.184. The summed E-state index contributed by atoms with van der Waals surface area (Å²) in [6.07, 6.45) is 12.1. The second kappa shape index (κ2) is 13.8. The molecule has 0 heterocycles. The van der Waals surface area contributed by atoms with Gasteiger partial charge >= 0.3 is 0 Å². The molecule has 0 atom stereocenters. The number of hydrogen-bond donors (Lipinski definition) is 2. The van der Waals surface area contributed by atoms with Gasteiger partial charge in [-0.25, -0.2) is 0 Å². The number of thiocarbonyl (C=S) groups is 1. The van der Waals surface area contributed by atoms with E-state index in [0.29, 0.717) is 11.4 Å². The van der Waals surface area contributed by atoms with Crippen molar-refractivity contribution in [3.8, 4) is 0 Å². The van der Waals surface area contributed by atoms with Crippen molar-refractivity contribution < 1.29 is 4.79 Å². The van der Waals surface area contributed by atoms with E-state index < -0.39 is 0 Å². The van der Waals surface area contributed by atoms with Crippen molar-refractivity contribution in [2.75, 3.05) is 6.54 Å². The molecule has 0 aromatic heterocycles. The molecular weight excluding hydrogens is 256 g/mol. The van der Waals surface area contributed by atoms with Crippen LogP contribution in [0.5, 0.6) is 0 Å². The Kier molecular flexibility index (Phi) is 13.3. The number of carbonyl (C=O) groups is 1. The highest BCUT2D eigenvalue weighted by Crippen LogP contribution is 2.08. The molecule has 0 spiro atoms. The van der Waals surface area contributed by atoms with Gasteiger partial charge in [0.25, 0.3) is 0 Å². The van der Waals surface area contributed by atoms with Crippen LogP contribution in [0.15, 0.2) is 0 Å². The van der Waals surface area contributed by atoms with Crippen molar-refractivity contribution in [2.24, 2.45) is 5.73 Å². The molecule has 0 fully saturated rings. The predicted octanol–water partition coefficient (Wildman–Crippen LogP) is 3.70. The van der Waals surface area contributed by atoms with Crippen molar-refractivity contribution in [2.45, 2.75) is 77.6 Å². The van der Waals surface area contributed by atoms with Gasteiger partial charge in [-0.3, -0.25) is 4.79 Å².